The van der Waals surface area contributed by atoms with Gasteiger partial charge in [0.15, 0.2) is 5.65 Å². The molecule has 7 nitrogen and oxygen atoms in total. The average molecular weight is 347 g/mol. The van der Waals surface area contributed by atoms with Crippen molar-refractivity contribution in [2.45, 2.75) is 45.1 Å². The number of H-pyrrole nitrogens is 1. The molecule has 0 spiro atoms. The molecule has 4 heterocycles. The van der Waals surface area contributed by atoms with Crippen molar-refractivity contribution in [1.82, 2.24) is 29.5 Å². The third-order valence-corrected chi connectivity index (χ3v) is 5.11. The molecular weight excluding hydrogens is 326 g/mol. The summed E-state index contributed by atoms with van der Waals surface area (Å²) >= 11 is 0. The molecular formula is C19H21N7. The molecule has 0 unspecified atom stereocenters. The Kier molecular flexibility index (Phi) is 3.41. The Balaban J connectivity index is 1.56. The lowest BCUT2D eigenvalue weighted by Crippen LogP contribution is -2.15. The summed E-state index contributed by atoms with van der Waals surface area (Å²) in [4.78, 5) is 17.2. The Bertz CT molecular complexity index is 1090. The molecule has 132 valence electrons. The van der Waals surface area contributed by atoms with E-state index in [-0.39, 0.29) is 0 Å². The Morgan fingerprint density at radius 1 is 1.31 bits per heavy atom. The zero-order valence-electron chi connectivity index (χ0n) is 14.9. The van der Waals surface area contributed by atoms with Gasteiger partial charge in [0.1, 0.15) is 5.65 Å². The summed E-state index contributed by atoms with van der Waals surface area (Å²) in [5.74, 6) is 1.27. The number of nitrogens with zero attached hydrogens (tertiary/aromatic N) is 5. The normalized spacial score (nSPS) is 15.6. The number of anilines is 1. The second kappa shape index (κ2) is 5.79. The van der Waals surface area contributed by atoms with Gasteiger partial charge in [0, 0.05) is 41.1 Å². The molecule has 1 atom stereocenters. The molecule has 4 aromatic rings. The highest BCUT2D eigenvalue weighted by molar-refractivity contribution is 5.92. The summed E-state index contributed by atoms with van der Waals surface area (Å²) in [5, 5.41) is 8.71. The molecule has 0 radical (unpaired) electrons. The van der Waals surface area contributed by atoms with Crippen molar-refractivity contribution in [3.63, 3.8) is 0 Å². The van der Waals surface area contributed by atoms with Gasteiger partial charge in [-0.2, -0.15) is 10.1 Å². The first-order valence-corrected chi connectivity index (χ1v) is 9.18. The molecule has 0 bridgehead atoms. The van der Waals surface area contributed by atoms with E-state index in [0.29, 0.717) is 17.9 Å². The summed E-state index contributed by atoms with van der Waals surface area (Å²) in [6.45, 7) is 4.26. The van der Waals surface area contributed by atoms with E-state index >= 15 is 0 Å². The lowest BCUT2D eigenvalue weighted by atomic mass is 10.1. The van der Waals surface area contributed by atoms with Crippen molar-refractivity contribution in [3.05, 3.63) is 36.4 Å². The Morgan fingerprint density at radius 3 is 3.00 bits per heavy atom. The Labute approximate surface area is 150 Å². The van der Waals surface area contributed by atoms with Gasteiger partial charge in [-0.25, -0.2) is 14.5 Å². The smallest absolute Gasteiger partial charge is 0.224 e. The van der Waals surface area contributed by atoms with Crippen LogP contribution in [-0.4, -0.2) is 35.6 Å². The Hall–Kier alpha value is -2.96. The van der Waals surface area contributed by atoms with E-state index in [1.54, 1.807) is 0 Å². The number of hydrogen-bond donors (Lipinski definition) is 2. The summed E-state index contributed by atoms with van der Waals surface area (Å²) in [6, 6.07) is 2.33. The largest absolute Gasteiger partial charge is 0.352 e. The van der Waals surface area contributed by atoms with Crippen LogP contribution in [0.4, 0.5) is 5.95 Å². The van der Waals surface area contributed by atoms with Crippen LogP contribution in [0.3, 0.4) is 0 Å². The number of aromatic nitrogens is 6. The van der Waals surface area contributed by atoms with Crippen LogP contribution in [0.25, 0.3) is 27.9 Å². The average Bonchev–Trinajstić information content (AvgIpc) is 3.28. The summed E-state index contributed by atoms with van der Waals surface area (Å²) in [6.07, 6.45) is 11.2. The molecule has 0 aliphatic heterocycles. The van der Waals surface area contributed by atoms with Crippen molar-refractivity contribution in [1.29, 1.82) is 0 Å². The molecule has 1 aliphatic rings. The second-order valence-electron chi connectivity index (χ2n) is 7.07. The minimum atomic E-state index is 0.341. The number of rotatable bonds is 5. The van der Waals surface area contributed by atoms with Crippen molar-refractivity contribution in [2.75, 3.05) is 5.32 Å². The van der Waals surface area contributed by atoms with Crippen molar-refractivity contribution in [2.24, 2.45) is 0 Å². The van der Waals surface area contributed by atoms with Crippen LogP contribution in [0.15, 0.2) is 30.9 Å². The molecule has 26 heavy (non-hydrogen) atoms. The highest BCUT2D eigenvalue weighted by Gasteiger charge is 2.27. The summed E-state index contributed by atoms with van der Waals surface area (Å²) < 4.78 is 1.86. The minimum Gasteiger partial charge on any atom is -0.352 e. The van der Waals surface area contributed by atoms with Gasteiger partial charge in [-0.1, -0.05) is 6.92 Å². The van der Waals surface area contributed by atoms with E-state index in [1.165, 1.54) is 18.4 Å². The summed E-state index contributed by atoms with van der Waals surface area (Å²) in [7, 11) is 0. The Morgan fingerprint density at radius 2 is 2.19 bits per heavy atom. The second-order valence-corrected chi connectivity index (χ2v) is 7.07. The van der Waals surface area contributed by atoms with Gasteiger partial charge >= 0.3 is 0 Å². The van der Waals surface area contributed by atoms with Crippen LogP contribution in [0.5, 0.6) is 0 Å². The van der Waals surface area contributed by atoms with Crippen LogP contribution in [0, 0.1) is 0 Å². The molecule has 7 heteroatoms. The van der Waals surface area contributed by atoms with E-state index in [2.05, 4.69) is 39.2 Å². The fraction of sp³-hybridized carbons (Fsp3) is 0.368. The van der Waals surface area contributed by atoms with Gasteiger partial charge in [0.2, 0.25) is 5.95 Å². The maximum Gasteiger partial charge on any atom is 0.224 e. The predicted octanol–water partition coefficient (Wildman–Crippen LogP) is 3.76. The fourth-order valence-corrected chi connectivity index (χ4v) is 3.23. The van der Waals surface area contributed by atoms with Gasteiger partial charge in [-0.3, -0.25) is 0 Å². The van der Waals surface area contributed by atoms with E-state index < -0.39 is 0 Å². The zero-order chi connectivity index (χ0) is 17.7. The summed E-state index contributed by atoms with van der Waals surface area (Å²) in [5.41, 5.74) is 4.95. The van der Waals surface area contributed by atoms with Crippen molar-refractivity contribution >= 4 is 22.6 Å². The van der Waals surface area contributed by atoms with Gasteiger partial charge in [0.05, 0.1) is 11.9 Å². The fourth-order valence-electron chi connectivity index (χ4n) is 3.23. The first-order chi connectivity index (χ1) is 12.7. The maximum absolute atomic E-state index is 4.88. The van der Waals surface area contributed by atoms with Crippen LogP contribution < -0.4 is 5.32 Å². The third kappa shape index (κ3) is 2.51. The van der Waals surface area contributed by atoms with Crippen LogP contribution in [0.1, 0.15) is 44.6 Å². The first-order valence-electron chi connectivity index (χ1n) is 9.18. The van der Waals surface area contributed by atoms with Crippen LogP contribution >= 0.6 is 0 Å². The maximum atomic E-state index is 4.88. The standard InChI is InChI=1S/C19H21N7/c1-3-11(2)23-19-21-9-15-14(8-20-17(15)25-19)16-6-7-26-18(24-16)13(10-22-26)12-4-5-12/h6-12H,3-5H2,1-2H3,(H2,20,21,23,25)/t11-/m0/s1. The number of hydrogen-bond acceptors (Lipinski definition) is 5. The SMILES string of the molecule is CC[C@H](C)Nc1ncc2c(-c3ccn4ncc(C5CC5)c4n3)c[nH]c2n1. The third-order valence-electron chi connectivity index (χ3n) is 5.11. The molecule has 0 amide bonds. The zero-order valence-corrected chi connectivity index (χ0v) is 14.9. The van der Waals surface area contributed by atoms with E-state index in [0.717, 1.165) is 34.4 Å². The van der Waals surface area contributed by atoms with Crippen LogP contribution in [-0.2, 0) is 0 Å². The molecule has 0 saturated heterocycles. The van der Waals surface area contributed by atoms with Gasteiger partial charge in [-0.15, -0.1) is 0 Å². The van der Waals surface area contributed by atoms with E-state index in [9.17, 15) is 0 Å². The lowest BCUT2D eigenvalue weighted by Gasteiger charge is -2.10. The van der Waals surface area contributed by atoms with Crippen molar-refractivity contribution < 1.29 is 0 Å². The van der Waals surface area contributed by atoms with Gasteiger partial charge < -0.3 is 10.3 Å². The molecule has 0 aromatic carbocycles. The molecule has 4 aromatic heterocycles. The number of nitrogens with one attached hydrogen (secondary N) is 2. The van der Waals surface area contributed by atoms with Crippen molar-refractivity contribution in [3.8, 4) is 11.3 Å². The van der Waals surface area contributed by atoms with E-state index in [1.807, 2.05) is 35.4 Å². The highest BCUT2D eigenvalue weighted by atomic mass is 15.2. The molecule has 1 saturated carbocycles. The first kappa shape index (κ1) is 15.3. The molecule has 5 rings (SSSR count). The topological polar surface area (TPSA) is 83.8 Å². The highest BCUT2D eigenvalue weighted by Crippen LogP contribution is 2.41. The van der Waals surface area contributed by atoms with Gasteiger partial charge in [-0.05, 0) is 38.2 Å². The van der Waals surface area contributed by atoms with Crippen LogP contribution in [0.2, 0.25) is 0 Å². The number of fused-ring (bicyclic) bond motifs is 2. The van der Waals surface area contributed by atoms with E-state index in [4.69, 9.17) is 4.98 Å². The quantitative estimate of drug-likeness (QED) is 0.574. The molecule has 1 aliphatic carbocycles. The molecule has 2 N–H and O–H groups in total. The monoisotopic (exact) mass is 347 g/mol. The predicted molar refractivity (Wildman–Crippen MR) is 101 cm³/mol. The minimum absolute atomic E-state index is 0.341. The number of aromatic amines is 1. The lowest BCUT2D eigenvalue weighted by molar-refractivity contribution is 0.754. The molecule has 1 fully saturated rings. The van der Waals surface area contributed by atoms with Gasteiger partial charge in [0.25, 0.3) is 0 Å².